The van der Waals surface area contributed by atoms with Gasteiger partial charge in [-0.1, -0.05) is 29.3 Å². The van der Waals surface area contributed by atoms with Gasteiger partial charge in [-0.15, -0.1) is 0 Å². The number of aliphatic hydroxyl groups is 2. The molecule has 8 heteroatoms. The van der Waals surface area contributed by atoms with Crippen LogP contribution in [0.25, 0.3) is 11.3 Å². The van der Waals surface area contributed by atoms with Gasteiger partial charge in [0, 0.05) is 27.4 Å². The lowest BCUT2D eigenvalue weighted by Crippen LogP contribution is -2.16. The number of rotatable bonds is 6. The lowest BCUT2D eigenvalue weighted by Gasteiger charge is -2.09. The fraction of sp³-hybridized carbons (Fsp3) is 0.105. The molecular weight excluding hydrogens is 393 g/mol. The molecule has 140 valence electrons. The standard InChI is InChI=1S/C19H15Cl2NO5/c20-12-6-11(7-13(21)8-12)16-4-5-17(27-16)19(25)22-14-2-1-3-15(9-14)26-10-18(23)24/h1-9,18,23-24H,10H2,(H,22,25). The third-order valence-corrected chi connectivity index (χ3v) is 3.90. The van der Waals surface area contributed by atoms with Crippen molar-refractivity contribution in [3.63, 3.8) is 0 Å². The first-order chi connectivity index (χ1) is 12.9. The van der Waals surface area contributed by atoms with E-state index in [0.29, 0.717) is 32.8 Å². The zero-order chi connectivity index (χ0) is 19.4. The first-order valence-electron chi connectivity index (χ1n) is 7.87. The molecule has 6 nitrogen and oxygen atoms in total. The van der Waals surface area contributed by atoms with E-state index in [2.05, 4.69) is 5.32 Å². The van der Waals surface area contributed by atoms with E-state index < -0.39 is 12.2 Å². The molecule has 0 aliphatic rings. The highest BCUT2D eigenvalue weighted by molar-refractivity contribution is 6.35. The Bertz CT molecular complexity index is 935. The summed E-state index contributed by atoms with van der Waals surface area (Å²) >= 11 is 12.0. The first kappa shape index (κ1) is 19.3. The molecule has 0 unspecified atom stereocenters. The van der Waals surface area contributed by atoms with Gasteiger partial charge in [-0.25, -0.2) is 0 Å². The summed E-state index contributed by atoms with van der Waals surface area (Å²) in [5.74, 6) is 0.500. The van der Waals surface area contributed by atoms with Crippen LogP contribution in [0.1, 0.15) is 10.6 Å². The van der Waals surface area contributed by atoms with Crippen molar-refractivity contribution in [1.29, 1.82) is 0 Å². The summed E-state index contributed by atoms with van der Waals surface area (Å²) < 4.78 is 10.8. The van der Waals surface area contributed by atoms with E-state index in [1.54, 1.807) is 54.6 Å². The summed E-state index contributed by atoms with van der Waals surface area (Å²) in [6, 6.07) is 14.7. The van der Waals surface area contributed by atoms with Crippen LogP contribution in [0, 0.1) is 0 Å². The number of hydrogen-bond acceptors (Lipinski definition) is 5. The Morgan fingerprint density at radius 3 is 2.52 bits per heavy atom. The molecule has 0 saturated heterocycles. The number of ether oxygens (including phenoxy) is 1. The van der Waals surface area contributed by atoms with Crippen LogP contribution in [0.15, 0.2) is 59.0 Å². The molecule has 0 atom stereocenters. The van der Waals surface area contributed by atoms with Gasteiger partial charge in [0.1, 0.15) is 18.1 Å². The molecule has 27 heavy (non-hydrogen) atoms. The van der Waals surface area contributed by atoms with Gasteiger partial charge in [0.15, 0.2) is 12.1 Å². The first-order valence-corrected chi connectivity index (χ1v) is 8.63. The van der Waals surface area contributed by atoms with Crippen molar-refractivity contribution in [2.24, 2.45) is 0 Å². The average molecular weight is 408 g/mol. The number of nitrogens with one attached hydrogen (secondary N) is 1. The van der Waals surface area contributed by atoms with Crippen LogP contribution in [-0.2, 0) is 0 Å². The summed E-state index contributed by atoms with van der Waals surface area (Å²) in [6.07, 6.45) is -1.58. The van der Waals surface area contributed by atoms with Crippen molar-refractivity contribution >= 4 is 34.8 Å². The highest BCUT2D eigenvalue weighted by atomic mass is 35.5. The summed E-state index contributed by atoms with van der Waals surface area (Å²) in [6.45, 7) is -0.277. The predicted molar refractivity (Wildman–Crippen MR) is 102 cm³/mol. The molecule has 0 radical (unpaired) electrons. The third kappa shape index (κ3) is 5.24. The Morgan fingerprint density at radius 1 is 1.07 bits per heavy atom. The Labute approximate surface area is 164 Å². The number of aliphatic hydroxyl groups excluding tert-OH is 1. The van der Waals surface area contributed by atoms with Crippen molar-refractivity contribution in [3.8, 4) is 17.1 Å². The minimum atomic E-state index is -1.58. The zero-order valence-electron chi connectivity index (χ0n) is 13.9. The van der Waals surface area contributed by atoms with Crippen molar-refractivity contribution in [2.75, 3.05) is 11.9 Å². The smallest absolute Gasteiger partial charge is 0.291 e. The molecule has 0 saturated carbocycles. The summed E-state index contributed by atoms with van der Waals surface area (Å²) in [5.41, 5.74) is 1.12. The summed E-state index contributed by atoms with van der Waals surface area (Å²) in [7, 11) is 0. The zero-order valence-corrected chi connectivity index (χ0v) is 15.4. The number of carbonyl (C=O) groups is 1. The molecule has 0 spiro atoms. The molecule has 3 rings (SSSR count). The maximum Gasteiger partial charge on any atom is 0.291 e. The highest BCUT2D eigenvalue weighted by Crippen LogP contribution is 2.29. The van der Waals surface area contributed by atoms with E-state index in [9.17, 15) is 4.79 Å². The topological polar surface area (TPSA) is 91.9 Å². The lowest BCUT2D eigenvalue weighted by molar-refractivity contribution is -0.0680. The maximum absolute atomic E-state index is 12.4. The number of halogens is 2. The minimum absolute atomic E-state index is 0.109. The van der Waals surface area contributed by atoms with E-state index in [-0.39, 0.29) is 12.4 Å². The second-order valence-corrected chi connectivity index (χ2v) is 6.47. The van der Waals surface area contributed by atoms with Gasteiger partial charge in [0.25, 0.3) is 5.91 Å². The number of furan rings is 1. The number of hydrogen-bond donors (Lipinski definition) is 3. The van der Waals surface area contributed by atoms with Gasteiger partial charge in [-0.05, 0) is 42.5 Å². The van der Waals surface area contributed by atoms with Crippen LogP contribution in [0.5, 0.6) is 5.75 Å². The van der Waals surface area contributed by atoms with Crippen LogP contribution in [0.3, 0.4) is 0 Å². The van der Waals surface area contributed by atoms with Gasteiger partial charge in [-0.3, -0.25) is 4.79 Å². The van der Waals surface area contributed by atoms with Gasteiger partial charge in [0.05, 0.1) is 0 Å². The van der Waals surface area contributed by atoms with Gasteiger partial charge in [0.2, 0.25) is 0 Å². The summed E-state index contributed by atoms with van der Waals surface area (Å²) in [5, 5.41) is 21.3. The number of anilines is 1. The van der Waals surface area contributed by atoms with E-state index >= 15 is 0 Å². The molecule has 1 amide bonds. The molecule has 1 aromatic heterocycles. The second kappa shape index (κ2) is 8.45. The van der Waals surface area contributed by atoms with Crippen molar-refractivity contribution in [3.05, 3.63) is 70.4 Å². The molecular formula is C19H15Cl2NO5. The predicted octanol–water partition coefficient (Wildman–Crippen LogP) is 4.20. The lowest BCUT2D eigenvalue weighted by atomic mass is 10.2. The SMILES string of the molecule is O=C(Nc1cccc(OCC(O)O)c1)c1ccc(-c2cc(Cl)cc(Cl)c2)o1. The highest BCUT2D eigenvalue weighted by Gasteiger charge is 2.14. The van der Waals surface area contributed by atoms with E-state index in [1.165, 1.54) is 0 Å². The van der Waals surface area contributed by atoms with Crippen molar-refractivity contribution < 1.29 is 24.2 Å². The van der Waals surface area contributed by atoms with Crippen LogP contribution in [-0.4, -0.2) is 29.0 Å². The van der Waals surface area contributed by atoms with E-state index in [1.807, 2.05) is 0 Å². The normalized spacial score (nSPS) is 10.9. The minimum Gasteiger partial charge on any atom is -0.488 e. The largest absolute Gasteiger partial charge is 0.488 e. The molecule has 3 aromatic rings. The second-order valence-electron chi connectivity index (χ2n) is 5.60. The van der Waals surface area contributed by atoms with Gasteiger partial charge in [-0.2, -0.15) is 0 Å². The Hall–Kier alpha value is -2.51. The monoisotopic (exact) mass is 407 g/mol. The summed E-state index contributed by atoms with van der Waals surface area (Å²) in [4.78, 5) is 12.4. The number of amides is 1. The Morgan fingerprint density at radius 2 is 1.81 bits per heavy atom. The Kier molecular flexibility index (Phi) is 6.03. The van der Waals surface area contributed by atoms with Crippen LogP contribution < -0.4 is 10.1 Å². The van der Waals surface area contributed by atoms with Crippen molar-refractivity contribution in [1.82, 2.24) is 0 Å². The van der Waals surface area contributed by atoms with Crippen LogP contribution in [0.2, 0.25) is 10.0 Å². The molecule has 0 bridgehead atoms. The molecule has 1 heterocycles. The quantitative estimate of drug-likeness (QED) is 0.532. The molecule has 3 N–H and O–H groups in total. The van der Waals surface area contributed by atoms with Crippen molar-refractivity contribution in [2.45, 2.75) is 6.29 Å². The number of benzene rings is 2. The third-order valence-electron chi connectivity index (χ3n) is 3.47. The molecule has 0 aliphatic heterocycles. The van der Waals surface area contributed by atoms with E-state index in [4.69, 9.17) is 42.6 Å². The van der Waals surface area contributed by atoms with Gasteiger partial charge < -0.3 is 24.7 Å². The van der Waals surface area contributed by atoms with E-state index in [0.717, 1.165) is 0 Å². The fourth-order valence-electron chi connectivity index (χ4n) is 2.34. The molecule has 0 aliphatic carbocycles. The average Bonchev–Trinajstić information content (AvgIpc) is 3.10. The fourth-order valence-corrected chi connectivity index (χ4v) is 2.86. The van der Waals surface area contributed by atoms with Gasteiger partial charge >= 0.3 is 0 Å². The van der Waals surface area contributed by atoms with Crippen LogP contribution >= 0.6 is 23.2 Å². The number of carbonyl (C=O) groups excluding carboxylic acids is 1. The molecule has 2 aromatic carbocycles. The van der Waals surface area contributed by atoms with Crippen LogP contribution in [0.4, 0.5) is 5.69 Å². The Balaban J connectivity index is 1.72. The molecule has 0 fully saturated rings. The maximum atomic E-state index is 12.4.